The lowest BCUT2D eigenvalue weighted by Gasteiger charge is -2.24. The second-order valence-corrected chi connectivity index (χ2v) is 6.62. The summed E-state index contributed by atoms with van der Waals surface area (Å²) in [7, 11) is 0. The minimum atomic E-state index is -0.517. The van der Waals surface area contributed by atoms with E-state index in [0.717, 1.165) is 16.5 Å². The van der Waals surface area contributed by atoms with Gasteiger partial charge in [-0.1, -0.05) is 24.3 Å². The number of fused-ring (bicyclic) bond motifs is 1. The zero-order valence-electron chi connectivity index (χ0n) is 14.6. The topological polar surface area (TPSA) is 89.0 Å². The number of hydrogen-bond acceptors (Lipinski definition) is 3. The molecule has 27 heavy (non-hydrogen) atoms. The van der Waals surface area contributed by atoms with Gasteiger partial charge in [-0.25, -0.2) is 0 Å². The molecular formula is C21H18N4O2. The molecule has 3 aromatic rings. The van der Waals surface area contributed by atoms with E-state index in [1.54, 1.807) is 29.2 Å². The van der Waals surface area contributed by atoms with Crippen molar-refractivity contribution >= 4 is 28.4 Å². The molecule has 0 bridgehead atoms. The number of hydrogen-bond donors (Lipinski definition) is 2. The van der Waals surface area contributed by atoms with Crippen molar-refractivity contribution in [3.05, 3.63) is 65.9 Å². The summed E-state index contributed by atoms with van der Waals surface area (Å²) in [6, 6.07) is 16.2. The third-order valence-electron chi connectivity index (χ3n) is 4.91. The van der Waals surface area contributed by atoms with Crippen molar-refractivity contribution in [2.45, 2.75) is 25.4 Å². The molecule has 1 aromatic heterocycles. The molecule has 1 unspecified atom stereocenters. The number of para-hydroxylation sites is 1. The minimum absolute atomic E-state index is 0.0220. The number of anilines is 1. The lowest BCUT2D eigenvalue weighted by atomic mass is 10.1. The van der Waals surface area contributed by atoms with Crippen LogP contribution in [0.15, 0.2) is 54.7 Å². The van der Waals surface area contributed by atoms with Crippen LogP contribution in [-0.2, 0) is 16.1 Å². The van der Waals surface area contributed by atoms with Gasteiger partial charge in [0, 0.05) is 35.8 Å². The second-order valence-electron chi connectivity index (χ2n) is 6.62. The van der Waals surface area contributed by atoms with Crippen LogP contribution in [-0.4, -0.2) is 27.7 Å². The highest BCUT2D eigenvalue weighted by atomic mass is 16.2. The first kappa shape index (κ1) is 16.9. The van der Waals surface area contributed by atoms with Crippen molar-refractivity contribution in [3.63, 3.8) is 0 Å². The minimum Gasteiger partial charge on any atom is -0.361 e. The van der Waals surface area contributed by atoms with E-state index in [1.807, 2.05) is 30.5 Å². The van der Waals surface area contributed by atoms with E-state index in [1.165, 1.54) is 0 Å². The van der Waals surface area contributed by atoms with Gasteiger partial charge in [0.25, 0.3) is 0 Å². The second kappa shape index (κ2) is 6.96. The van der Waals surface area contributed by atoms with Crippen molar-refractivity contribution in [1.29, 1.82) is 5.26 Å². The molecule has 134 valence electrons. The van der Waals surface area contributed by atoms with Gasteiger partial charge in [-0.2, -0.15) is 5.26 Å². The molecule has 0 aliphatic carbocycles. The van der Waals surface area contributed by atoms with Crippen LogP contribution in [0.2, 0.25) is 0 Å². The summed E-state index contributed by atoms with van der Waals surface area (Å²) in [6.45, 7) is 0.388. The number of carbonyl (C=O) groups excluding carboxylic acids is 2. The normalized spacial score (nSPS) is 16.5. The van der Waals surface area contributed by atoms with Crippen molar-refractivity contribution in [3.8, 4) is 6.07 Å². The molecular weight excluding hydrogens is 340 g/mol. The molecule has 0 radical (unpaired) electrons. The summed E-state index contributed by atoms with van der Waals surface area (Å²) in [5.74, 6) is -0.248. The van der Waals surface area contributed by atoms with Crippen molar-refractivity contribution in [2.75, 3.05) is 5.32 Å². The Morgan fingerprint density at radius 3 is 2.96 bits per heavy atom. The summed E-state index contributed by atoms with van der Waals surface area (Å²) >= 11 is 0. The van der Waals surface area contributed by atoms with Crippen LogP contribution in [0, 0.1) is 11.3 Å². The number of benzene rings is 2. The van der Waals surface area contributed by atoms with Crippen LogP contribution in [0.1, 0.15) is 24.0 Å². The van der Waals surface area contributed by atoms with E-state index in [2.05, 4.69) is 16.4 Å². The van der Waals surface area contributed by atoms with Gasteiger partial charge in [-0.15, -0.1) is 0 Å². The molecule has 1 fully saturated rings. The maximum absolute atomic E-state index is 12.8. The zero-order chi connectivity index (χ0) is 18.8. The maximum Gasteiger partial charge on any atom is 0.247 e. The molecule has 4 rings (SSSR count). The molecule has 0 spiro atoms. The van der Waals surface area contributed by atoms with Gasteiger partial charge in [-0.05, 0) is 36.2 Å². The van der Waals surface area contributed by atoms with Gasteiger partial charge in [0.1, 0.15) is 6.04 Å². The molecule has 2 N–H and O–H groups in total. The fourth-order valence-electron chi connectivity index (χ4n) is 3.54. The summed E-state index contributed by atoms with van der Waals surface area (Å²) in [6.07, 6.45) is 2.74. The first-order valence-electron chi connectivity index (χ1n) is 8.81. The number of amides is 2. The fourth-order valence-corrected chi connectivity index (χ4v) is 3.54. The standard InChI is InChI=1S/C21H18N4O2/c22-11-14-4-3-5-16(10-14)24-21(27)19-8-9-20(26)25(19)13-15-12-23-18-7-2-1-6-17(15)18/h1-7,10,12,19,23H,8-9,13H2,(H,24,27). The zero-order valence-corrected chi connectivity index (χ0v) is 14.6. The molecule has 1 atom stereocenters. The first-order chi connectivity index (χ1) is 13.2. The first-order valence-corrected chi connectivity index (χ1v) is 8.81. The van der Waals surface area contributed by atoms with Gasteiger partial charge in [0.2, 0.25) is 11.8 Å². The van der Waals surface area contributed by atoms with E-state index in [-0.39, 0.29) is 11.8 Å². The number of aromatic nitrogens is 1. The molecule has 1 aliphatic heterocycles. The molecule has 6 nitrogen and oxygen atoms in total. The number of nitrogens with one attached hydrogen (secondary N) is 2. The highest BCUT2D eigenvalue weighted by Gasteiger charge is 2.36. The fraction of sp³-hybridized carbons (Fsp3) is 0.190. The number of nitriles is 1. The third kappa shape index (κ3) is 3.27. The van der Waals surface area contributed by atoms with Crippen LogP contribution in [0.3, 0.4) is 0 Å². The third-order valence-corrected chi connectivity index (χ3v) is 4.91. The Kier molecular flexibility index (Phi) is 4.35. The Morgan fingerprint density at radius 1 is 1.26 bits per heavy atom. The molecule has 1 aliphatic rings. The average Bonchev–Trinajstić information content (AvgIpc) is 3.26. The van der Waals surface area contributed by atoms with Gasteiger partial charge >= 0.3 is 0 Å². The number of H-pyrrole nitrogens is 1. The van der Waals surface area contributed by atoms with E-state index in [4.69, 9.17) is 5.26 Å². The highest BCUT2D eigenvalue weighted by Crippen LogP contribution is 2.26. The smallest absolute Gasteiger partial charge is 0.247 e. The maximum atomic E-state index is 12.8. The predicted molar refractivity (Wildman–Crippen MR) is 102 cm³/mol. The van der Waals surface area contributed by atoms with Crippen LogP contribution < -0.4 is 5.32 Å². The number of rotatable bonds is 4. The summed E-state index contributed by atoms with van der Waals surface area (Å²) in [5.41, 5.74) is 3.04. The Labute approximate surface area is 156 Å². The Morgan fingerprint density at radius 2 is 2.11 bits per heavy atom. The lowest BCUT2D eigenvalue weighted by Crippen LogP contribution is -2.41. The summed E-state index contributed by atoms with van der Waals surface area (Å²) in [5, 5.41) is 12.9. The Hall–Kier alpha value is -3.59. The number of nitrogens with zero attached hydrogens (tertiary/aromatic N) is 2. The van der Waals surface area contributed by atoms with Crippen LogP contribution >= 0.6 is 0 Å². The van der Waals surface area contributed by atoms with Crippen molar-refractivity contribution < 1.29 is 9.59 Å². The van der Waals surface area contributed by atoms with E-state index in [0.29, 0.717) is 30.6 Å². The number of likely N-dealkylation sites (tertiary alicyclic amines) is 1. The number of carbonyl (C=O) groups is 2. The van der Waals surface area contributed by atoms with Gasteiger partial charge < -0.3 is 15.2 Å². The summed E-state index contributed by atoms with van der Waals surface area (Å²) in [4.78, 5) is 30.0. The lowest BCUT2D eigenvalue weighted by molar-refractivity contribution is -0.133. The Bertz CT molecular complexity index is 1060. The van der Waals surface area contributed by atoms with E-state index in [9.17, 15) is 9.59 Å². The monoisotopic (exact) mass is 358 g/mol. The molecule has 2 amide bonds. The highest BCUT2D eigenvalue weighted by molar-refractivity contribution is 5.99. The SMILES string of the molecule is N#Cc1cccc(NC(=O)C2CCC(=O)N2Cc2c[nH]c3ccccc23)c1. The van der Waals surface area contributed by atoms with E-state index >= 15 is 0 Å². The quantitative estimate of drug-likeness (QED) is 0.751. The number of aromatic amines is 1. The van der Waals surface area contributed by atoms with Crippen LogP contribution in [0.5, 0.6) is 0 Å². The summed E-state index contributed by atoms with van der Waals surface area (Å²) < 4.78 is 0. The van der Waals surface area contributed by atoms with Gasteiger partial charge in [0.15, 0.2) is 0 Å². The molecule has 6 heteroatoms. The predicted octanol–water partition coefficient (Wildman–Crippen LogP) is 3.17. The molecule has 2 aromatic carbocycles. The molecule has 2 heterocycles. The van der Waals surface area contributed by atoms with Crippen LogP contribution in [0.25, 0.3) is 10.9 Å². The molecule has 1 saturated heterocycles. The average molecular weight is 358 g/mol. The van der Waals surface area contributed by atoms with Gasteiger partial charge in [-0.3, -0.25) is 9.59 Å². The van der Waals surface area contributed by atoms with Crippen molar-refractivity contribution in [2.24, 2.45) is 0 Å². The van der Waals surface area contributed by atoms with E-state index < -0.39 is 6.04 Å². The van der Waals surface area contributed by atoms with Crippen LogP contribution in [0.4, 0.5) is 5.69 Å². The molecule has 0 saturated carbocycles. The largest absolute Gasteiger partial charge is 0.361 e. The van der Waals surface area contributed by atoms with Crippen molar-refractivity contribution in [1.82, 2.24) is 9.88 Å². The Balaban J connectivity index is 1.54. The van der Waals surface area contributed by atoms with Gasteiger partial charge in [0.05, 0.1) is 11.6 Å².